The van der Waals surface area contributed by atoms with Crippen LogP contribution in [0.5, 0.6) is 0 Å². The zero-order valence-corrected chi connectivity index (χ0v) is 17.0. The summed E-state index contributed by atoms with van der Waals surface area (Å²) in [5.41, 5.74) is 1.11. The van der Waals surface area contributed by atoms with Crippen molar-refractivity contribution < 1.29 is 19.5 Å². The third-order valence-corrected chi connectivity index (χ3v) is 5.06. The number of amides is 2. The summed E-state index contributed by atoms with van der Waals surface area (Å²) in [6.07, 6.45) is 3.04. The van der Waals surface area contributed by atoms with E-state index in [1.165, 1.54) is 6.07 Å². The Hall–Kier alpha value is -2.87. The third kappa shape index (κ3) is 4.95. The first-order valence-corrected chi connectivity index (χ1v) is 9.73. The first-order valence-electron chi connectivity index (χ1n) is 9.73. The van der Waals surface area contributed by atoms with Crippen molar-refractivity contribution in [2.75, 3.05) is 13.1 Å². The van der Waals surface area contributed by atoms with Crippen LogP contribution < -0.4 is 11.0 Å². The zero-order chi connectivity index (χ0) is 21.2. The van der Waals surface area contributed by atoms with E-state index in [9.17, 15) is 14.4 Å². The van der Waals surface area contributed by atoms with Crippen molar-refractivity contribution in [1.29, 1.82) is 0 Å². The first-order chi connectivity index (χ1) is 13.7. The predicted molar refractivity (Wildman–Crippen MR) is 108 cm³/mol. The van der Waals surface area contributed by atoms with Crippen molar-refractivity contribution in [3.05, 3.63) is 46.4 Å². The fourth-order valence-corrected chi connectivity index (χ4v) is 3.53. The minimum absolute atomic E-state index is 0.176. The van der Waals surface area contributed by atoms with Gasteiger partial charge in [0.1, 0.15) is 5.60 Å². The highest BCUT2D eigenvalue weighted by atomic mass is 16.6. The molecule has 3 rings (SSSR count). The van der Waals surface area contributed by atoms with Gasteiger partial charge in [0.15, 0.2) is 0 Å². The van der Waals surface area contributed by atoms with Crippen LogP contribution in [0.25, 0.3) is 10.8 Å². The summed E-state index contributed by atoms with van der Waals surface area (Å²) in [6, 6.07) is 6.58. The number of pyridine rings is 1. The number of fused-ring (bicyclic) bond motifs is 1. The molecule has 29 heavy (non-hydrogen) atoms. The molecule has 0 bridgehead atoms. The second kappa shape index (κ2) is 8.24. The van der Waals surface area contributed by atoms with Gasteiger partial charge in [-0.2, -0.15) is 0 Å². The molecule has 8 heteroatoms. The molecule has 1 aromatic carbocycles. The Morgan fingerprint density at radius 3 is 2.52 bits per heavy atom. The van der Waals surface area contributed by atoms with Gasteiger partial charge in [-0.05, 0) is 63.1 Å². The Morgan fingerprint density at radius 2 is 1.90 bits per heavy atom. The molecule has 1 aliphatic heterocycles. The van der Waals surface area contributed by atoms with Crippen molar-refractivity contribution in [2.24, 2.45) is 5.92 Å². The van der Waals surface area contributed by atoms with E-state index in [4.69, 9.17) is 9.94 Å². The molecule has 2 N–H and O–H groups in total. The molecule has 1 saturated heterocycles. The molecular formula is C21H27N3O5. The first kappa shape index (κ1) is 20.9. The normalized spacial score (nSPS) is 15.4. The molecule has 0 aliphatic carbocycles. The van der Waals surface area contributed by atoms with Gasteiger partial charge in [0.05, 0.1) is 0 Å². The van der Waals surface area contributed by atoms with Crippen LogP contribution in [0.3, 0.4) is 0 Å². The number of piperidine rings is 1. The number of hydroxylamine groups is 1. The van der Waals surface area contributed by atoms with Crippen molar-refractivity contribution in [3.63, 3.8) is 0 Å². The van der Waals surface area contributed by atoms with E-state index < -0.39 is 11.5 Å². The van der Waals surface area contributed by atoms with Gasteiger partial charge >= 0.3 is 6.09 Å². The van der Waals surface area contributed by atoms with E-state index in [1.807, 2.05) is 26.8 Å². The van der Waals surface area contributed by atoms with Gasteiger partial charge in [-0.15, -0.1) is 0 Å². The lowest BCUT2D eigenvalue weighted by molar-refractivity contribution is 0.0178. The summed E-state index contributed by atoms with van der Waals surface area (Å²) in [4.78, 5) is 38.4. The van der Waals surface area contributed by atoms with Crippen LogP contribution in [-0.4, -0.2) is 45.4 Å². The highest BCUT2D eigenvalue weighted by Gasteiger charge is 2.27. The maximum atomic E-state index is 12.9. The smallest absolute Gasteiger partial charge is 0.410 e. The van der Waals surface area contributed by atoms with Gasteiger partial charge in [0, 0.05) is 36.8 Å². The second-order valence-electron chi connectivity index (χ2n) is 8.43. The minimum atomic E-state index is -0.656. The summed E-state index contributed by atoms with van der Waals surface area (Å²) in [7, 11) is 0. The number of nitrogens with one attached hydrogen (secondary N) is 1. The Morgan fingerprint density at radius 1 is 1.21 bits per heavy atom. The second-order valence-corrected chi connectivity index (χ2v) is 8.43. The third-order valence-electron chi connectivity index (χ3n) is 5.06. The van der Waals surface area contributed by atoms with Crippen molar-refractivity contribution in [3.8, 4) is 0 Å². The lowest BCUT2D eigenvalue weighted by Gasteiger charge is -2.33. The zero-order valence-electron chi connectivity index (χ0n) is 17.0. The number of aromatic nitrogens is 1. The van der Waals surface area contributed by atoms with E-state index in [0.29, 0.717) is 25.0 Å². The quantitative estimate of drug-likeness (QED) is 0.608. The lowest BCUT2D eigenvalue weighted by Crippen LogP contribution is -2.42. The lowest BCUT2D eigenvalue weighted by atomic mass is 9.96. The number of nitrogens with zero attached hydrogens (tertiary/aromatic N) is 2. The molecule has 0 radical (unpaired) electrons. The highest BCUT2D eigenvalue weighted by Crippen LogP contribution is 2.21. The minimum Gasteiger partial charge on any atom is -0.444 e. The van der Waals surface area contributed by atoms with Gasteiger partial charge in [-0.3, -0.25) is 14.8 Å². The standard InChI is InChI=1S/C21H27N3O5/c1-21(2,3)29-20(27)23-9-6-14(7-10-23)13-24-11-8-15-4-5-16(18(25)22-28)12-17(15)19(24)26/h4-5,8,11-12,14,28H,6-7,9-10,13H2,1-3H3,(H,22,25). The molecule has 1 aromatic heterocycles. The number of carbonyl (C=O) groups is 2. The van der Waals surface area contributed by atoms with Crippen LogP contribution in [-0.2, 0) is 11.3 Å². The number of hydrogen-bond donors (Lipinski definition) is 2. The fourth-order valence-electron chi connectivity index (χ4n) is 3.53. The van der Waals surface area contributed by atoms with Crippen molar-refractivity contribution >= 4 is 22.8 Å². The largest absolute Gasteiger partial charge is 0.444 e. The maximum Gasteiger partial charge on any atom is 0.410 e. The molecule has 0 saturated carbocycles. The molecule has 2 heterocycles. The van der Waals surface area contributed by atoms with Crippen LogP contribution in [0.1, 0.15) is 44.0 Å². The number of hydrogen-bond acceptors (Lipinski definition) is 5. The number of benzene rings is 1. The SMILES string of the molecule is CC(C)(C)OC(=O)N1CCC(Cn2ccc3ccc(C(=O)NO)cc3c2=O)CC1. The molecule has 1 aliphatic rings. The summed E-state index contributed by atoms with van der Waals surface area (Å²) < 4.78 is 7.07. The molecule has 0 unspecified atom stereocenters. The monoisotopic (exact) mass is 401 g/mol. The van der Waals surface area contributed by atoms with E-state index in [-0.39, 0.29) is 23.1 Å². The number of rotatable bonds is 3. The average Bonchev–Trinajstić information content (AvgIpc) is 2.68. The Balaban J connectivity index is 1.70. The van der Waals surface area contributed by atoms with Gasteiger partial charge < -0.3 is 14.2 Å². The molecule has 2 amide bonds. The van der Waals surface area contributed by atoms with Crippen LogP contribution in [0.4, 0.5) is 4.79 Å². The summed E-state index contributed by atoms with van der Waals surface area (Å²) in [5.74, 6) is -0.385. The highest BCUT2D eigenvalue weighted by molar-refractivity contribution is 5.97. The summed E-state index contributed by atoms with van der Waals surface area (Å²) in [5, 5.41) is 9.97. The molecule has 1 fully saturated rings. The summed E-state index contributed by atoms with van der Waals surface area (Å²) >= 11 is 0. The van der Waals surface area contributed by atoms with E-state index >= 15 is 0 Å². The van der Waals surface area contributed by atoms with E-state index in [2.05, 4.69) is 0 Å². The Labute approximate surface area is 169 Å². The Kier molecular flexibility index (Phi) is 5.93. The van der Waals surface area contributed by atoms with Gasteiger partial charge in [-0.1, -0.05) is 6.07 Å². The van der Waals surface area contributed by atoms with Gasteiger partial charge in [0.2, 0.25) is 0 Å². The van der Waals surface area contributed by atoms with Crippen LogP contribution >= 0.6 is 0 Å². The topological polar surface area (TPSA) is 101 Å². The van der Waals surface area contributed by atoms with E-state index in [1.54, 1.807) is 33.3 Å². The van der Waals surface area contributed by atoms with Gasteiger partial charge in [-0.25, -0.2) is 10.3 Å². The number of ether oxygens (including phenoxy) is 1. The fraction of sp³-hybridized carbons (Fsp3) is 0.476. The van der Waals surface area contributed by atoms with Crippen LogP contribution in [0.15, 0.2) is 35.3 Å². The van der Waals surface area contributed by atoms with Crippen molar-refractivity contribution in [1.82, 2.24) is 14.9 Å². The molecule has 156 valence electrons. The van der Waals surface area contributed by atoms with Crippen LogP contribution in [0.2, 0.25) is 0 Å². The van der Waals surface area contributed by atoms with E-state index in [0.717, 1.165) is 18.2 Å². The molecule has 8 nitrogen and oxygen atoms in total. The summed E-state index contributed by atoms with van der Waals surface area (Å²) in [6.45, 7) is 7.29. The number of carbonyl (C=O) groups excluding carboxylic acids is 2. The van der Waals surface area contributed by atoms with Gasteiger partial charge in [0.25, 0.3) is 11.5 Å². The molecule has 0 spiro atoms. The molecular weight excluding hydrogens is 374 g/mol. The average molecular weight is 401 g/mol. The molecule has 0 atom stereocenters. The maximum absolute atomic E-state index is 12.9. The molecule has 2 aromatic rings. The van der Waals surface area contributed by atoms with Crippen molar-refractivity contribution in [2.45, 2.75) is 45.8 Å². The van der Waals surface area contributed by atoms with Crippen LogP contribution in [0, 0.1) is 5.92 Å². The number of likely N-dealkylation sites (tertiary alicyclic amines) is 1. The Bertz CT molecular complexity index is 968. The predicted octanol–water partition coefficient (Wildman–Crippen LogP) is 2.77.